The predicted octanol–water partition coefficient (Wildman–Crippen LogP) is 4.70. The first-order chi connectivity index (χ1) is 15.0. The Bertz CT molecular complexity index is 1130. The van der Waals surface area contributed by atoms with Crippen LogP contribution in [0.1, 0.15) is 31.0 Å². The highest BCUT2D eigenvalue weighted by Crippen LogP contribution is 2.37. The third-order valence-corrected chi connectivity index (χ3v) is 5.70. The van der Waals surface area contributed by atoms with Crippen molar-refractivity contribution in [2.45, 2.75) is 30.8 Å². The molecule has 0 radical (unpaired) electrons. The molecule has 160 valence electrons. The maximum absolute atomic E-state index is 13.5. The lowest BCUT2D eigenvalue weighted by Crippen LogP contribution is -2.29. The monoisotopic (exact) mass is 442 g/mol. The van der Waals surface area contributed by atoms with Gasteiger partial charge in [0, 0.05) is 11.4 Å². The lowest BCUT2D eigenvalue weighted by Gasteiger charge is -2.28. The van der Waals surface area contributed by atoms with Crippen LogP contribution in [-0.4, -0.2) is 27.3 Å². The van der Waals surface area contributed by atoms with Crippen LogP contribution in [0.25, 0.3) is 0 Å². The van der Waals surface area contributed by atoms with Crippen LogP contribution in [0.15, 0.2) is 65.0 Å². The van der Waals surface area contributed by atoms with Gasteiger partial charge in [-0.05, 0) is 49.2 Å². The number of carbonyl (C=O) groups excluding carboxylic acids is 1. The van der Waals surface area contributed by atoms with E-state index in [0.29, 0.717) is 33.7 Å². The van der Waals surface area contributed by atoms with Crippen LogP contribution in [0.3, 0.4) is 0 Å². The summed E-state index contributed by atoms with van der Waals surface area (Å²) in [6, 6.07) is 11.6. The minimum atomic E-state index is -0.608. The SMILES string of the molecule is CCOC(=O)C1=C(C)Nc2nc(SCc3ccc(F)cc3)nn2[C@H]1c1ccc(F)cc1. The summed E-state index contributed by atoms with van der Waals surface area (Å²) in [6.07, 6.45) is 0. The molecular formula is C22H20F2N4O2S. The van der Waals surface area contributed by atoms with Gasteiger partial charge in [-0.15, -0.1) is 5.10 Å². The highest BCUT2D eigenvalue weighted by atomic mass is 32.2. The number of carbonyl (C=O) groups is 1. The van der Waals surface area contributed by atoms with Crippen LogP contribution in [0, 0.1) is 11.6 Å². The summed E-state index contributed by atoms with van der Waals surface area (Å²) in [4.78, 5) is 17.3. The van der Waals surface area contributed by atoms with E-state index in [4.69, 9.17) is 4.74 Å². The smallest absolute Gasteiger partial charge is 0.338 e. The van der Waals surface area contributed by atoms with Crippen LogP contribution < -0.4 is 5.32 Å². The first kappa shape index (κ1) is 21.0. The lowest BCUT2D eigenvalue weighted by molar-refractivity contribution is -0.139. The molecule has 6 nitrogen and oxygen atoms in total. The third kappa shape index (κ3) is 4.46. The van der Waals surface area contributed by atoms with Gasteiger partial charge in [-0.2, -0.15) is 4.98 Å². The second kappa shape index (κ2) is 8.89. The molecule has 2 aromatic carbocycles. The van der Waals surface area contributed by atoms with Gasteiger partial charge >= 0.3 is 5.97 Å². The van der Waals surface area contributed by atoms with Gasteiger partial charge < -0.3 is 10.1 Å². The summed E-state index contributed by atoms with van der Waals surface area (Å²) in [5.41, 5.74) is 2.61. The normalized spacial score (nSPS) is 15.4. The maximum Gasteiger partial charge on any atom is 0.338 e. The Kier molecular flexibility index (Phi) is 6.03. The van der Waals surface area contributed by atoms with Crippen molar-refractivity contribution in [1.29, 1.82) is 0 Å². The Morgan fingerprint density at radius 3 is 2.42 bits per heavy atom. The molecule has 4 rings (SSSR count). The van der Waals surface area contributed by atoms with E-state index in [1.165, 1.54) is 36.0 Å². The van der Waals surface area contributed by atoms with Crippen molar-refractivity contribution in [3.8, 4) is 0 Å². The number of halogens is 2. The molecule has 1 aliphatic rings. The summed E-state index contributed by atoms with van der Waals surface area (Å²) in [5.74, 6) is -0.0960. The van der Waals surface area contributed by atoms with Gasteiger partial charge in [0.05, 0.1) is 12.2 Å². The zero-order valence-electron chi connectivity index (χ0n) is 16.9. The zero-order chi connectivity index (χ0) is 22.0. The first-order valence-electron chi connectivity index (χ1n) is 9.70. The van der Waals surface area contributed by atoms with Gasteiger partial charge in [-0.3, -0.25) is 0 Å². The fourth-order valence-electron chi connectivity index (χ4n) is 3.35. The fraction of sp³-hybridized carbons (Fsp3) is 0.227. The van der Waals surface area contributed by atoms with E-state index in [1.807, 2.05) is 0 Å². The van der Waals surface area contributed by atoms with Crippen molar-refractivity contribution < 1.29 is 18.3 Å². The topological polar surface area (TPSA) is 69.0 Å². The molecule has 0 saturated heterocycles. The number of nitrogens with one attached hydrogen (secondary N) is 1. The number of allylic oxidation sites excluding steroid dienone is 1. The van der Waals surface area contributed by atoms with Gasteiger partial charge in [0.15, 0.2) is 0 Å². The number of rotatable bonds is 6. The molecule has 1 N–H and O–H groups in total. The van der Waals surface area contributed by atoms with E-state index < -0.39 is 12.0 Å². The molecule has 0 aliphatic carbocycles. The Balaban J connectivity index is 1.67. The molecule has 0 unspecified atom stereocenters. The van der Waals surface area contributed by atoms with E-state index in [-0.39, 0.29) is 18.2 Å². The van der Waals surface area contributed by atoms with Crippen molar-refractivity contribution in [3.63, 3.8) is 0 Å². The van der Waals surface area contributed by atoms with Crippen molar-refractivity contribution in [1.82, 2.24) is 14.8 Å². The number of nitrogens with zero attached hydrogens (tertiary/aromatic N) is 3. The number of benzene rings is 2. The molecule has 9 heteroatoms. The van der Waals surface area contributed by atoms with Crippen molar-refractivity contribution in [2.24, 2.45) is 0 Å². The van der Waals surface area contributed by atoms with Gasteiger partial charge in [0.1, 0.15) is 17.7 Å². The molecule has 0 fully saturated rings. The molecule has 0 bridgehead atoms. The number of esters is 1. The maximum atomic E-state index is 13.5. The molecular weight excluding hydrogens is 422 g/mol. The van der Waals surface area contributed by atoms with Crippen LogP contribution in [0.2, 0.25) is 0 Å². The van der Waals surface area contributed by atoms with Gasteiger partial charge in [-0.1, -0.05) is 36.0 Å². The number of fused-ring (bicyclic) bond motifs is 1. The van der Waals surface area contributed by atoms with Gasteiger partial charge in [0.25, 0.3) is 0 Å². The number of thioether (sulfide) groups is 1. The molecule has 1 aliphatic heterocycles. The second-order valence-corrected chi connectivity index (χ2v) is 7.86. The molecule has 2 heterocycles. The average molecular weight is 442 g/mol. The number of hydrogen-bond acceptors (Lipinski definition) is 6. The summed E-state index contributed by atoms with van der Waals surface area (Å²) in [5, 5.41) is 8.20. The van der Waals surface area contributed by atoms with Crippen molar-refractivity contribution >= 4 is 23.7 Å². The molecule has 1 aromatic heterocycles. The number of anilines is 1. The van der Waals surface area contributed by atoms with Crippen LogP contribution in [-0.2, 0) is 15.3 Å². The Morgan fingerprint density at radius 2 is 1.77 bits per heavy atom. The Hall–Kier alpha value is -3.20. The minimum absolute atomic E-state index is 0.231. The predicted molar refractivity (Wildman–Crippen MR) is 113 cm³/mol. The van der Waals surface area contributed by atoms with Crippen molar-refractivity contribution in [2.75, 3.05) is 11.9 Å². The Morgan fingerprint density at radius 1 is 1.13 bits per heavy atom. The molecule has 0 spiro atoms. The highest BCUT2D eigenvalue weighted by Gasteiger charge is 2.35. The van der Waals surface area contributed by atoms with E-state index in [9.17, 15) is 13.6 Å². The van der Waals surface area contributed by atoms with Crippen LogP contribution >= 0.6 is 11.8 Å². The molecule has 0 saturated carbocycles. The van der Waals surface area contributed by atoms with E-state index in [1.54, 1.807) is 42.8 Å². The van der Waals surface area contributed by atoms with E-state index in [2.05, 4.69) is 15.4 Å². The van der Waals surface area contributed by atoms with Crippen LogP contribution in [0.5, 0.6) is 0 Å². The van der Waals surface area contributed by atoms with Crippen LogP contribution in [0.4, 0.5) is 14.7 Å². The molecule has 1 atom stereocenters. The summed E-state index contributed by atoms with van der Waals surface area (Å²) < 4.78 is 33.5. The lowest BCUT2D eigenvalue weighted by atomic mass is 9.96. The average Bonchev–Trinajstić information content (AvgIpc) is 3.15. The largest absolute Gasteiger partial charge is 0.463 e. The molecule has 0 amide bonds. The molecule has 31 heavy (non-hydrogen) atoms. The second-order valence-electron chi connectivity index (χ2n) is 6.92. The standard InChI is InChI=1S/C22H20F2N4O2S/c1-3-30-20(29)18-13(2)25-21-26-22(31-12-14-4-8-16(23)9-5-14)27-28(21)19(18)15-6-10-17(24)11-7-15/h4-11,19H,3,12H2,1-2H3,(H,25,26,27)/t19-/m0/s1. The van der Waals surface area contributed by atoms with Crippen molar-refractivity contribution in [3.05, 3.63) is 82.6 Å². The summed E-state index contributed by atoms with van der Waals surface area (Å²) >= 11 is 1.39. The summed E-state index contributed by atoms with van der Waals surface area (Å²) in [7, 11) is 0. The number of ether oxygens (including phenoxy) is 1. The van der Waals surface area contributed by atoms with E-state index >= 15 is 0 Å². The minimum Gasteiger partial charge on any atom is -0.463 e. The fourth-order valence-corrected chi connectivity index (χ4v) is 4.13. The quantitative estimate of drug-likeness (QED) is 0.441. The van der Waals surface area contributed by atoms with Gasteiger partial charge in [-0.25, -0.2) is 18.3 Å². The van der Waals surface area contributed by atoms with Gasteiger partial charge in [0.2, 0.25) is 11.1 Å². The number of hydrogen-bond donors (Lipinski definition) is 1. The number of aromatic nitrogens is 3. The van der Waals surface area contributed by atoms with E-state index in [0.717, 1.165) is 5.56 Å². The highest BCUT2D eigenvalue weighted by molar-refractivity contribution is 7.98. The third-order valence-electron chi connectivity index (χ3n) is 4.80. The first-order valence-corrected chi connectivity index (χ1v) is 10.7. The molecule has 3 aromatic rings. The zero-order valence-corrected chi connectivity index (χ0v) is 17.7. The summed E-state index contributed by atoms with van der Waals surface area (Å²) in [6.45, 7) is 3.74. The Labute approximate surface area is 182 Å².